The SMILES string of the molecule is COc1ccc(C)cc1C(C)Nc1ncnc2c1cnn2CCC#N. The van der Waals surface area contributed by atoms with Crippen molar-refractivity contribution in [3.05, 3.63) is 41.9 Å². The molecule has 7 nitrogen and oxygen atoms in total. The van der Waals surface area contributed by atoms with Gasteiger partial charge in [0, 0.05) is 5.56 Å². The van der Waals surface area contributed by atoms with E-state index in [1.807, 2.05) is 12.1 Å². The fourth-order valence-corrected chi connectivity index (χ4v) is 2.80. The van der Waals surface area contributed by atoms with E-state index in [1.165, 1.54) is 11.9 Å². The highest BCUT2D eigenvalue weighted by Gasteiger charge is 2.15. The van der Waals surface area contributed by atoms with E-state index in [1.54, 1.807) is 18.0 Å². The normalized spacial score (nSPS) is 11.9. The molecule has 3 aromatic rings. The van der Waals surface area contributed by atoms with Crippen LogP contribution in [0.4, 0.5) is 5.82 Å². The molecule has 3 rings (SSSR count). The number of nitriles is 1. The van der Waals surface area contributed by atoms with Crippen LogP contribution in [-0.4, -0.2) is 26.9 Å². The lowest BCUT2D eigenvalue weighted by Crippen LogP contribution is -2.10. The van der Waals surface area contributed by atoms with Crippen molar-refractivity contribution in [3.63, 3.8) is 0 Å². The van der Waals surface area contributed by atoms with Crippen LogP contribution in [-0.2, 0) is 6.54 Å². The highest BCUT2D eigenvalue weighted by atomic mass is 16.5. The monoisotopic (exact) mass is 336 g/mol. The topological polar surface area (TPSA) is 88.7 Å². The minimum absolute atomic E-state index is 0.00425. The summed E-state index contributed by atoms with van der Waals surface area (Å²) >= 11 is 0. The van der Waals surface area contributed by atoms with Crippen molar-refractivity contribution >= 4 is 16.9 Å². The van der Waals surface area contributed by atoms with Crippen LogP contribution in [0.25, 0.3) is 11.0 Å². The zero-order chi connectivity index (χ0) is 17.8. The van der Waals surface area contributed by atoms with Gasteiger partial charge in [-0.3, -0.25) is 0 Å². The molecule has 128 valence electrons. The number of aromatic nitrogens is 4. The van der Waals surface area contributed by atoms with Gasteiger partial charge in [-0.25, -0.2) is 14.6 Å². The molecule has 7 heteroatoms. The summed E-state index contributed by atoms with van der Waals surface area (Å²) in [5, 5.41) is 17.3. The minimum Gasteiger partial charge on any atom is -0.496 e. The maximum Gasteiger partial charge on any atom is 0.163 e. The van der Waals surface area contributed by atoms with Crippen molar-refractivity contribution < 1.29 is 4.74 Å². The fraction of sp³-hybridized carbons (Fsp3) is 0.333. The molecule has 1 aromatic carbocycles. The summed E-state index contributed by atoms with van der Waals surface area (Å²) in [5.41, 5.74) is 2.95. The van der Waals surface area contributed by atoms with E-state index in [2.05, 4.69) is 46.4 Å². The average Bonchev–Trinajstić information content (AvgIpc) is 3.04. The molecule has 0 spiro atoms. The van der Waals surface area contributed by atoms with Gasteiger partial charge in [-0.05, 0) is 19.9 Å². The Kier molecular flexibility index (Phi) is 4.80. The molecule has 0 fully saturated rings. The number of nitrogens with one attached hydrogen (secondary N) is 1. The smallest absolute Gasteiger partial charge is 0.163 e. The van der Waals surface area contributed by atoms with Crippen LogP contribution < -0.4 is 10.1 Å². The number of nitrogens with zero attached hydrogens (tertiary/aromatic N) is 5. The summed E-state index contributed by atoms with van der Waals surface area (Å²) in [6.07, 6.45) is 3.63. The third kappa shape index (κ3) is 3.38. The highest BCUT2D eigenvalue weighted by molar-refractivity contribution is 5.86. The molecular formula is C18H20N6O. The molecule has 0 amide bonds. The van der Waals surface area contributed by atoms with Gasteiger partial charge in [0.05, 0.1) is 43.8 Å². The summed E-state index contributed by atoms with van der Waals surface area (Å²) < 4.78 is 7.20. The largest absolute Gasteiger partial charge is 0.496 e. The van der Waals surface area contributed by atoms with E-state index in [0.29, 0.717) is 18.8 Å². The van der Waals surface area contributed by atoms with Crippen molar-refractivity contribution in [2.45, 2.75) is 32.9 Å². The molecule has 2 aromatic heterocycles. The lowest BCUT2D eigenvalue weighted by molar-refractivity contribution is 0.408. The number of aryl methyl sites for hydroxylation is 2. The Morgan fingerprint density at radius 1 is 1.36 bits per heavy atom. The maximum absolute atomic E-state index is 8.76. The molecule has 1 N–H and O–H groups in total. The third-order valence-corrected chi connectivity index (χ3v) is 4.07. The Morgan fingerprint density at radius 3 is 2.96 bits per heavy atom. The van der Waals surface area contributed by atoms with Crippen LogP contribution in [0.3, 0.4) is 0 Å². The predicted octanol–water partition coefficient (Wildman–Crippen LogP) is 3.23. The molecule has 0 saturated carbocycles. The molecule has 0 aliphatic rings. The third-order valence-electron chi connectivity index (χ3n) is 4.07. The standard InChI is InChI=1S/C18H20N6O/c1-12-5-6-16(25-3)14(9-12)13(2)23-17-15-10-22-24(8-4-7-19)18(15)21-11-20-17/h5-6,9-11,13H,4,8H2,1-3H3,(H,20,21,23). The Labute approximate surface area is 146 Å². The van der Waals surface area contributed by atoms with Gasteiger partial charge < -0.3 is 10.1 Å². The fourth-order valence-electron chi connectivity index (χ4n) is 2.80. The molecule has 0 saturated heterocycles. The van der Waals surface area contributed by atoms with Gasteiger partial charge in [-0.1, -0.05) is 17.7 Å². The van der Waals surface area contributed by atoms with Crippen molar-refractivity contribution in [3.8, 4) is 11.8 Å². The second kappa shape index (κ2) is 7.18. The number of ether oxygens (including phenoxy) is 1. The number of benzene rings is 1. The lowest BCUT2D eigenvalue weighted by Gasteiger charge is -2.18. The van der Waals surface area contributed by atoms with Gasteiger partial charge in [0.25, 0.3) is 0 Å². The van der Waals surface area contributed by atoms with Gasteiger partial charge in [0.1, 0.15) is 17.9 Å². The second-order valence-corrected chi connectivity index (χ2v) is 5.85. The summed E-state index contributed by atoms with van der Waals surface area (Å²) in [5.74, 6) is 1.55. The van der Waals surface area contributed by atoms with E-state index >= 15 is 0 Å². The molecule has 1 unspecified atom stereocenters. The minimum atomic E-state index is -0.00425. The van der Waals surface area contributed by atoms with Gasteiger partial charge >= 0.3 is 0 Å². The van der Waals surface area contributed by atoms with Crippen LogP contribution in [0.1, 0.15) is 30.5 Å². The van der Waals surface area contributed by atoms with Crippen LogP contribution in [0, 0.1) is 18.3 Å². The van der Waals surface area contributed by atoms with Crippen molar-refractivity contribution in [1.82, 2.24) is 19.7 Å². The number of fused-ring (bicyclic) bond motifs is 1. The van der Waals surface area contributed by atoms with Gasteiger partial charge in [-0.2, -0.15) is 10.4 Å². The zero-order valence-corrected chi connectivity index (χ0v) is 14.5. The van der Waals surface area contributed by atoms with Gasteiger partial charge in [0.2, 0.25) is 0 Å². The first kappa shape index (κ1) is 16.7. The van der Waals surface area contributed by atoms with Crippen LogP contribution in [0.5, 0.6) is 5.75 Å². The Balaban J connectivity index is 1.92. The Hall–Kier alpha value is -3.14. The molecule has 1 atom stereocenters. The van der Waals surface area contributed by atoms with Crippen LogP contribution in [0.2, 0.25) is 0 Å². The predicted molar refractivity (Wildman–Crippen MR) is 95.3 cm³/mol. The van der Waals surface area contributed by atoms with Crippen molar-refractivity contribution in [1.29, 1.82) is 5.26 Å². The molecule has 0 bridgehead atoms. The molecule has 25 heavy (non-hydrogen) atoms. The Bertz CT molecular complexity index is 927. The van der Waals surface area contributed by atoms with E-state index in [9.17, 15) is 0 Å². The number of rotatable bonds is 6. The molecule has 0 aliphatic heterocycles. The second-order valence-electron chi connectivity index (χ2n) is 5.85. The highest BCUT2D eigenvalue weighted by Crippen LogP contribution is 2.30. The molecule has 0 aliphatic carbocycles. The number of methoxy groups -OCH3 is 1. The summed E-state index contributed by atoms with van der Waals surface area (Å²) in [6, 6.07) is 8.22. The molecule has 0 radical (unpaired) electrons. The van der Waals surface area contributed by atoms with E-state index in [0.717, 1.165) is 22.3 Å². The zero-order valence-electron chi connectivity index (χ0n) is 14.5. The number of hydrogen-bond acceptors (Lipinski definition) is 6. The first-order chi connectivity index (χ1) is 12.1. The lowest BCUT2D eigenvalue weighted by atomic mass is 10.0. The maximum atomic E-state index is 8.76. The quantitative estimate of drug-likeness (QED) is 0.743. The first-order valence-electron chi connectivity index (χ1n) is 8.08. The van der Waals surface area contributed by atoms with Gasteiger partial charge in [-0.15, -0.1) is 0 Å². The van der Waals surface area contributed by atoms with E-state index in [4.69, 9.17) is 10.00 Å². The Morgan fingerprint density at radius 2 is 2.20 bits per heavy atom. The number of anilines is 1. The number of hydrogen-bond donors (Lipinski definition) is 1. The van der Waals surface area contributed by atoms with Crippen LogP contribution >= 0.6 is 0 Å². The first-order valence-corrected chi connectivity index (χ1v) is 8.08. The summed E-state index contributed by atoms with van der Waals surface area (Å²) in [4.78, 5) is 8.66. The van der Waals surface area contributed by atoms with Gasteiger partial charge in [0.15, 0.2) is 5.65 Å². The average molecular weight is 336 g/mol. The summed E-state index contributed by atoms with van der Waals surface area (Å²) in [7, 11) is 1.67. The van der Waals surface area contributed by atoms with Crippen molar-refractivity contribution in [2.24, 2.45) is 0 Å². The van der Waals surface area contributed by atoms with Crippen molar-refractivity contribution in [2.75, 3.05) is 12.4 Å². The molecular weight excluding hydrogens is 316 g/mol. The van der Waals surface area contributed by atoms with E-state index < -0.39 is 0 Å². The summed E-state index contributed by atoms with van der Waals surface area (Å²) in [6.45, 7) is 4.63. The van der Waals surface area contributed by atoms with E-state index in [-0.39, 0.29) is 6.04 Å². The molecule has 2 heterocycles. The van der Waals surface area contributed by atoms with Crippen LogP contribution in [0.15, 0.2) is 30.7 Å².